The summed E-state index contributed by atoms with van der Waals surface area (Å²) in [6.07, 6.45) is 1.19. The van der Waals surface area contributed by atoms with Crippen LogP contribution in [-0.4, -0.2) is 66.8 Å². The molecular weight excluding hydrogens is 254 g/mol. The fourth-order valence-corrected chi connectivity index (χ4v) is 2.98. The van der Waals surface area contributed by atoms with Gasteiger partial charge in [-0.05, 0) is 52.6 Å². The lowest BCUT2D eigenvalue weighted by Crippen LogP contribution is -2.44. The molecule has 2 aliphatic rings. The first kappa shape index (κ1) is 14.0. The number of nitrogens with one attached hydrogen (secondary N) is 1. The second kappa shape index (κ2) is 5.79. The molecule has 20 heavy (non-hydrogen) atoms. The second-order valence-corrected chi connectivity index (χ2v) is 6.31. The lowest BCUT2D eigenvalue weighted by atomic mass is 9.89. The SMILES string of the molecule is CC(c1nc(C2CN(C)CCCN2C)no1)C1CNC1. The Morgan fingerprint density at radius 3 is 2.80 bits per heavy atom. The molecule has 3 heterocycles. The van der Waals surface area contributed by atoms with Crippen LogP contribution in [0.3, 0.4) is 0 Å². The minimum atomic E-state index is 0.242. The van der Waals surface area contributed by atoms with Gasteiger partial charge < -0.3 is 14.7 Å². The van der Waals surface area contributed by atoms with Crippen molar-refractivity contribution in [3.8, 4) is 0 Å². The van der Waals surface area contributed by atoms with E-state index in [2.05, 4.69) is 46.3 Å². The molecule has 0 amide bonds. The molecule has 2 unspecified atom stereocenters. The third kappa shape index (κ3) is 2.73. The molecule has 1 aromatic rings. The lowest BCUT2D eigenvalue weighted by Gasteiger charge is -2.30. The van der Waals surface area contributed by atoms with Crippen molar-refractivity contribution >= 4 is 0 Å². The van der Waals surface area contributed by atoms with Crippen LogP contribution in [-0.2, 0) is 0 Å². The highest BCUT2D eigenvalue weighted by atomic mass is 16.5. The third-order valence-corrected chi connectivity index (χ3v) is 4.73. The molecule has 1 N–H and O–H groups in total. The van der Waals surface area contributed by atoms with Gasteiger partial charge in [-0.2, -0.15) is 4.98 Å². The molecule has 0 saturated carbocycles. The molecule has 6 heteroatoms. The quantitative estimate of drug-likeness (QED) is 0.879. The summed E-state index contributed by atoms with van der Waals surface area (Å²) in [5.74, 6) is 2.63. The average molecular weight is 279 g/mol. The van der Waals surface area contributed by atoms with E-state index in [9.17, 15) is 0 Å². The monoisotopic (exact) mass is 279 g/mol. The highest BCUT2D eigenvalue weighted by Gasteiger charge is 2.31. The van der Waals surface area contributed by atoms with Gasteiger partial charge in [-0.1, -0.05) is 12.1 Å². The van der Waals surface area contributed by atoms with Gasteiger partial charge in [0.25, 0.3) is 0 Å². The first-order valence-electron chi connectivity index (χ1n) is 7.58. The van der Waals surface area contributed by atoms with E-state index in [1.54, 1.807) is 0 Å². The molecule has 6 nitrogen and oxygen atoms in total. The molecule has 2 saturated heterocycles. The fourth-order valence-electron chi connectivity index (χ4n) is 2.98. The Bertz CT molecular complexity index is 445. The fraction of sp³-hybridized carbons (Fsp3) is 0.857. The van der Waals surface area contributed by atoms with Crippen LogP contribution in [0.5, 0.6) is 0 Å². The maximum absolute atomic E-state index is 5.53. The minimum absolute atomic E-state index is 0.242. The van der Waals surface area contributed by atoms with Crippen LogP contribution in [0.4, 0.5) is 0 Å². The van der Waals surface area contributed by atoms with Crippen molar-refractivity contribution in [1.29, 1.82) is 0 Å². The van der Waals surface area contributed by atoms with Gasteiger partial charge in [0, 0.05) is 12.5 Å². The topological polar surface area (TPSA) is 57.4 Å². The number of hydrogen-bond acceptors (Lipinski definition) is 6. The Labute approximate surface area is 120 Å². The van der Waals surface area contributed by atoms with Gasteiger partial charge >= 0.3 is 0 Å². The largest absolute Gasteiger partial charge is 0.339 e. The predicted octanol–water partition coefficient (Wildman–Crippen LogP) is 0.701. The van der Waals surface area contributed by atoms with Crippen LogP contribution < -0.4 is 5.32 Å². The van der Waals surface area contributed by atoms with Crippen LogP contribution >= 0.6 is 0 Å². The van der Waals surface area contributed by atoms with Crippen LogP contribution in [0.1, 0.15) is 37.0 Å². The van der Waals surface area contributed by atoms with Crippen LogP contribution in [0, 0.1) is 5.92 Å². The van der Waals surface area contributed by atoms with Gasteiger partial charge in [-0.25, -0.2) is 0 Å². The molecule has 0 radical (unpaired) electrons. The number of likely N-dealkylation sites (N-methyl/N-ethyl adjacent to an activating group) is 2. The standard InChI is InChI=1S/C14H25N5O/c1-10(11-7-15-8-11)14-16-13(17-20-14)12-9-18(2)5-4-6-19(12)3/h10-12,15H,4-9H2,1-3H3. The van der Waals surface area contributed by atoms with Crippen molar-refractivity contribution in [3.05, 3.63) is 11.7 Å². The maximum Gasteiger partial charge on any atom is 0.229 e. The van der Waals surface area contributed by atoms with Gasteiger partial charge in [0.1, 0.15) is 0 Å². The van der Waals surface area contributed by atoms with Gasteiger partial charge in [0.2, 0.25) is 5.89 Å². The molecular formula is C14H25N5O. The third-order valence-electron chi connectivity index (χ3n) is 4.73. The molecule has 2 fully saturated rings. The van der Waals surface area contributed by atoms with Crippen molar-refractivity contribution in [3.63, 3.8) is 0 Å². The summed E-state index contributed by atoms with van der Waals surface area (Å²) in [5, 5.41) is 7.55. The predicted molar refractivity (Wildman–Crippen MR) is 76.6 cm³/mol. The Kier molecular flexibility index (Phi) is 4.05. The summed E-state index contributed by atoms with van der Waals surface area (Å²) < 4.78 is 5.53. The van der Waals surface area contributed by atoms with E-state index >= 15 is 0 Å². The maximum atomic E-state index is 5.53. The van der Waals surface area contributed by atoms with Gasteiger partial charge in [-0.3, -0.25) is 4.90 Å². The van der Waals surface area contributed by atoms with Crippen LogP contribution in [0.2, 0.25) is 0 Å². The van der Waals surface area contributed by atoms with Crippen molar-refractivity contribution in [1.82, 2.24) is 25.3 Å². The second-order valence-electron chi connectivity index (χ2n) is 6.31. The highest BCUT2D eigenvalue weighted by Crippen LogP contribution is 2.28. The van der Waals surface area contributed by atoms with Crippen molar-refractivity contribution in [2.24, 2.45) is 5.92 Å². The average Bonchev–Trinajstić information content (AvgIpc) is 2.76. The van der Waals surface area contributed by atoms with E-state index < -0.39 is 0 Å². The molecule has 0 aromatic carbocycles. The molecule has 0 aliphatic carbocycles. The first-order chi connectivity index (χ1) is 9.65. The minimum Gasteiger partial charge on any atom is -0.339 e. The Hall–Kier alpha value is -0.980. The molecule has 0 bridgehead atoms. The van der Waals surface area contributed by atoms with E-state index in [1.807, 2.05) is 0 Å². The van der Waals surface area contributed by atoms with E-state index in [-0.39, 0.29) is 6.04 Å². The van der Waals surface area contributed by atoms with Crippen molar-refractivity contribution in [2.75, 3.05) is 46.8 Å². The van der Waals surface area contributed by atoms with Crippen LogP contribution in [0.25, 0.3) is 0 Å². The van der Waals surface area contributed by atoms with E-state index in [4.69, 9.17) is 4.52 Å². The zero-order valence-corrected chi connectivity index (χ0v) is 12.7. The van der Waals surface area contributed by atoms with E-state index in [0.717, 1.165) is 44.4 Å². The molecule has 1 aromatic heterocycles. The smallest absolute Gasteiger partial charge is 0.229 e. The number of aromatic nitrogens is 2. The Morgan fingerprint density at radius 2 is 2.10 bits per heavy atom. The van der Waals surface area contributed by atoms with Gasteiger partial charge in [0.05, 0.1) is 6.04 Å². The van der Waals surface area contributed by atoms with Gasteiger partial charge in [-0.15, -0.1) is 0 Å². The Morgan fingerprint density at radius 1 is 1.30 bits per heavy atom. The van der Waals surface area contributed by atoms with Crippen LogP contribution in [0.15, 0.2) is 4.52 Å². The van der Waals surface area contributed by atoms with Crippen molar-refractivity contribution < 1.29 is 4.52 Å². The summed E-state index contributed by atoms with van der Waals surface area (Å²) in [6, 6.07) is 0.242. The first-order valence-corrected chi connectivity index (χ1v) is 7.58. The molecule has 3 rings (SSSR count). The zero-order valence-electron chi connectivity index (χ0n) is 12.7. The zero-order chi connectivity index (χ0) is 14.1. The van der Waals surface area contributed by atoms with E-state index in [0.29, 0.717) is 11.8 Å². The summed E-state index contributed by atoms with van der Waals surface area (Å²) in [4.78, 5) is 9.38. The summed E-state index contributed by atoms with van der Waals surface area (Å²) in [5.41, 5.74) is 0. The Balaban J connectivity index is 1.74. The van der Waals surface area contributed by atoms with Gasteiger partial charge in [0.15, 0.2) is 5.82 Å². The van der Waals surface area contributed by atoms with E-state index in [1.165, 1.54) is 6.42 Å². The number of nitrogens with zero attached hydrogens (tertiary/aromatic N) is 4. The molecule has 2 atom stereocenters. The normalized spacial score (nSPS) is 28.1. The summed E-state index contributed by atoms with van der Waals surface area (Å²) in [6.45, 7) is 7.49. The summed E-state index contributed by atoms with van der Waals surface area (Å²) in [7, 11) is 4.31. The number of hydrogen-bond donors (Lipinski definition) is 1. The highest BCUT2D eigenvalue weighted by molar-refractivity contribution is 5.02. The molecule has 2 aliphatic heterocycles. The number of rotatable bonds is 3. The molecule has 112 valence electrons. The summed E-state index contributed by atoms with van der Waals surface area (Å²) >= 11 is 0. The lowest BCUT2D eigenvalue weighted by molar-refractivity contribution is 0.213. The van der Waals surface area contributed by atoms with Crippen molar-refractivity contribution in [2.45, 2.75) is 25.3 Å². The molecule has 0 spiro atoms.